The molecular formula is C16H16ClN3O3. The Balaban J connectivity index is 1.86. The van der Waals surface area contributed by atoms with Crippen LogP contribution >= 0.6 is 11.6 Å². The number of halogens is 1. The monoisotopic (exact) mass is 333 g/mol. The van der Waals surface area contributed by atoms with E-state index in [1.807, 2.05) is 6.07 Å². The van der Waals surface area contributed by atoms with Crippen molar-refractivity contribution in [2.24, 2.45) is 5.92 Å². The predicted octanol–water partition coefficient (Wildman–Crippen LogP) is 2.67. The van der Waals surface area contributed by atoms with Crippen LogP contribution in [0.1, 0.15) is 23.2 Å². The Kier molecular flexibility index (Phi) is 4.34. The van der Waals surface area contributed by atoms with Crippen molar-refractivity contribution in [3.05, 3.63) is 41.0 Å². The number of carbonyl (C=O) groups excluding carboxylic acids is 1. The molecule has 3 rings (SSSR count). The smallest absolute Gasteiger partial charge is 0.308 e. The van der Waals surface area contributed by atoms with Gasteiger partial charge in [-0.2, -0.15) is 5.10 Å². The second kappa shape index (κ2) is 6.42. The molecule has 1 fully saturated rings. The summed E-state index contributed by atoms with van der Waals surface area (Å²) < 4.78 is 0. The average Bonchev–Trinajstić information content (AvgIpc) is 3.04. The Morgan fingerprint density at radius 2 is 2.22 bits per heavy atom. The number of carboxylic acids is 1. The molecule has 1 aliphatic heterocycles. The number of hydrogen-bond acceptors (Lipinski definition) is 3. The van der Waals surface area contributed by atoms with E-state index in [0.717, 1.165) is 5.56 Å². The first-order valence-electron chi connectivity index (χ1n) is 7.37. The van der Waals surface area contributed by atoms with Crippen molar-refractivity contribution in [1.29, 1.82) is 0 Å². The lowest BCUT2D eigenvalue weighted by Gasteiger charge is -2.30. The zero-order valence-corrected chi connectivity index (χ0v) is 13.1. The topological polar surface area (TPSA) is 86.3 Å². The number of H-pyrrole nitrogens is 1. The molecule has 0 aliphatic carbocycles. The zero-order chi connectivity index (χ0) is 16.4. The maximum atomic E-state index is 12.7. The highest BCUT2D eigenvalue weighted by molar-refractivity contribution is 6.30. The fourth-order valence-electron chi connectivity index (χ4n) is 2.85. The van der Waals surface area contributed by atoms with Gasteiger partial charge >= 0.3 is 5.97 Å². The summed E-state index contributed by atoms with van der Waals surface area (Å²) in [7, 11) is 0. The van der Waals surface area contributed by atoms with Crippen LogP contribution < -0.4 is 0 Å². The third-order valence-corrected chi connectivity index (χ3v) is 4.28. The third kappa shape index (κ3) is 3.22. The molecule has 1 unspecified atom stereocenters. The Hall–Kier alpha value is -2.34. The zero-order valence-electron chi connectivity index (χ0n) is 12.3. The van der Waals surface area contributed by atoms with E-state index in [1.165, 1.54) is 6.20 Å². The first-order valence-corrected chi connectivity index (χ1v) is 7.75. The second-order valence-corrected chi connectivity index (χ2v) is 6.03. The first kappa shape index (κ1) is 15.6. The quantitative estimate of drug-likeness (QED) is 0.904. The van der Waals surface area contributed by atoms with Gasteiger partial charge in [0.15, 0.2) is 0 Å². The number of likely N-dealkylation sites (tertiary alicyclic amines) is 1. The number of carboxylic acid groups (broad SMARTS) is 1. The molecule has 120 valence electrons. The highest BCUT2D eigenvalue weighted by Crippen LogP contribution is 2.26. The SMILES string of the molecule is O=C(O)C1CCCN(C(=O)c2cn[nH]c2-c2cccc(Cl)c2)C1. The highest BCUT2D eigenvalue weighted by Gasteiger charge is 2.30. The molecule has 0 spiro atoms. The average molecular weight is 334 g/mol. The molecular weight excluding hydrogens is 318 g/mol. The number of benzene rings is 1. The molecule has 1 aromatic carbocycles. The Morgan fingerprint density at radius 3 is 2.96 bits per heavy atom. The summed E-state index contributed by atoms with van der Waals surface area (Å²) in [5.41, 5.74) is 1.79. The van der Waals surface area contributed by atoms with Crippen molar-refractivity contribution < 1.29 is 14.7 Å². The van der Waals surface area contributed by atoms with E-state index >= 15 is 0 Å². The number of nitrogens with one attached hydrogen (secondary N) is 1. The Morgan fingerprint density at radius 1 is 1.39 bits per heavy atom. The number of rotatable bonds is 3. The van der Waals surface area contributed by atoms with Gasteiger partial charge in [0.1, 0.15) is 0 Å². The molecule has 6 nitrogen and oxygen atoms in total. The van der Waals surface area contributed by atoms with Gasteiger partial charge in [-0.15, -0.1) is 0 Å². The molecule has 1 aliphatic rings. The molecule has 1 aromatic heterocycles. The minimum absolute atomic E-state index is 0.209. The summed E-state index contributed by atoms with van der Waals surface area (Å²) >= 11 is 6.00. The van der Waals surface area contributed by atoms with Crippen molar-refractivity contribution in [3.63, 3.8) is 0 Å². The van der Waals surface area contributed by atoms with E-state index in [-0.39, 0.29) is 12.5 Å². The first-order chi connectivity index (χ1) is 11.1. The van der Waals surface area contributed by atoms with Gasteiger partial charge in [-0.1, -0.05) is 23.7 Å². The number of amides is 1. The lowest BCUT2D eigenvalue weighted by Crippen LogP contribution is -2.42. The van der Waals surface area contributed by atoms with Gasteiger partial charge < -0.3 is 10.0 Å². The van der Waals surface area contributed by atoms with Crippen LogP contribution in [0.5, 0.6) is 0 Å². The molecule has 1 saturated heterocycles. The number of piperidine rings is 1. The van der Waals surface area contributed by atoms with Gasteiger partial charge in [0, 0.05) is 23.7 Å². The van der Waals surface area contributed by atoms with E-state index in [0.29, 0.717) is 35.7 Å². The summed E-state index contributed by atoms with van der Waals surface area (Å²) in [4.78, 5) is 25.5. The van der Waals surface area contributed by atoms with Gasteiger partial charge in [-0.3, -0.25) is 14.7 Å². The van der Waals surface area contributed by atoms with E-state index < -0.39 is 11.9 Å². The van der Waals surface area contributed by atoms with Gasteiger partial charge in [0.25, 0.3) is 5.91 Å². The molecule has 0 saturated carbocycles. The minimum atomic E-state index is -0.857. The molecule has 2 heterocycles. The van der Waals surface area contributed by atoms with Crippen molar-refractivity contribution in [3.8, 4) is 11.3 Å². The highest BCUT2D eigenvalue weighted by atomic mass is 35.5. The van der Waals surface area contributed by atoms with Crippen LogP contribution in [0.2, 0.25) is 5.02 Å². The summed E-state index contributed by atoms with van der Waals surface area (Å²) in [6.45, 7) is 0.789. The number of aromatic nitrogens is 2. The van der Waals surface area contributed by atoms with Crippen LogP contribution in [0.3, 0.4) is 0 Å². The molecule has 0 radical (unpaired) electrons. The molecule has 23 heavy (non-hydrogen) atoms. The maximum Gasteiger partial charge on any atom is 0.308 e. The van der Waals surface area contributed by atoms with E-state index in [2.05, 4.69) is 10.2 Å². The van der Waals surface area contributed by atoms with E-state index in [1.54, 1.807) is 23.1 Å². The van der Waals surface area contributed by atoms with Crippen LogP contribution in [0.25, 0.3) is 11.3 Å². The number of aliphatic carboxylic acids is 1. The molecule has 7 heteroatoms. The largest absolute Gasteiger partial charge is 0.481 e. The van der Waals surface area contributed by atoms with Crippen molar-refractivity contribution in [2.75, 3.05) is 13.1 Å². The normalized spacial score (nSPS) is 18.0. The van der Waals surface area contributed by atoms with Crippen LogP contribution in [-0.2, 0) is 4.79 Å². The van der Waals surface area contributed by atoms with Crippen molar-refractivity contribution >= 4 is 23.5 Å². The molecule has 2 N–H and O–H groups in total. The fourth-order valence-corrected chi connectivity index (χ4v) is 3.04. The van der Waals surface area contributed by atoms with Crippen LogP contribution in [0.4, 0.5) is 0 Å². The van der Waals surface area contributed by atoms with E-state index in [9.17, 15) is 9.59 Å². The van der Waals surface area contributed by atoms with Crippen LogP contribution in [0, 0.1) is 5.92 Å². The fraction of sp³-hybridized carbons (Fsp3) is 0.312. The number of carbonyl (C=O) groups is 2. The summed E-state index contributed by atoms with van der Waals surface area (Å²) in [6.07, 6.45) is 2.77. The molecule has 2 aromatic rings. The maximum absolute atomic E-state index is 12.7. The van der Waals surface area contributed by atoms with Crippen molar-refractivity contribution in [1.82, 2.24) is 15.1 Å². The summed E-state index contributed by atoms with van der Waals surface area (Å²) in [5.74, 6) is -1.57. The summed E-state index contributed by atoms with van der Waals surface area (Å²) in [5, 5.41) is 16.5. The lowest BCUT2D eigenvalue weighted by atomic mass is 9.97. The summed E-state index contributed by atoms with van der Waals surface area (Å²) in [6, 6.07) is 7.15. The standard InChI is InChI=1S/C16H16ClN3O3/c17-12-5-1-3-10(7-12)14-13(8-18-19-14)15(21)20-6-2-4-11(9-20)16(22)23/h1,3,5,7-8,11H,2,4,6,9H2,(H,18,19)(H,22,23). The predicted molar refractivity (Wildman–Crippen MR) is 85.3 cm³/mol. The second-order valence-electron chi connectivity index (χ2n) is 5.60. The minimum Gasteiger partial charge on any atom is -0.481 e. The Labute approximate surface area is 138 Å². The molecule has 1 atom stereocenters. The third-order valence-electron chi connectivity index (χ3n) is 4.04. The van der Waals surface area contributed by atoms with Gasteiger partial charge in [-0.25, -0.2) is 0 Å². The lowest BCUT2D eigenvalue weighted by molar-refractivity contribution is -0.143. The number of aromatic amines is 1. The molecule has 0 bridgehead atoms. The van der Waals surface area contributed by atoms with Crippen LogP contribution in [-0.4, -0.2) is 45.2 Å². The Bertz CT molecular complexity index is 744. The number of nitrogens with zero attached hydrogens (tertiary/aromatic N) is 2. The number of hydrogen-bond donors (Lipinski definition) is 2. The molecule has 1 amide bonds. The van der Waals surface area contributed by atoms with E-state index in [4.69, 9.17) is 16.7 Å². The van der Waals surface area contributed by atoms with Gasteiger partial charge in [0.05, 0.1) is 23.4 Å². The van der Waals surface area contributed by atoms with Crippen LogP contribution in [0.15, 0.2) is 30.5 Å². The van der Waals surface area contributed by atoms with Gasteiger partial charge in [-0.05, 0) is 25.0 Å². The van der Waals surface area contributed by atoms with Crippen molar-refractivity contribution in [2.45, 2.75) is 12.8 Å². The van der Waals surface area contributed by atoms with Gasteiger partial charge in [0.2, 0.25) is 0 Å².